The van der Waals surface area contributed by atoms with Crippen molar-refractivity contribution in [1.82, 2.24) is 4.90 Å². The summed E-state index contributed by atoms with van der Waals surface area (Å²) in [5.74, 6) is -0.366. The van der Waals surface area contributed by atoms with Crippen LogP contribution in [-0.4, -0.2) is 34.5 Å². The van der Waals surface area contributed by atoms with Gasteiger partial charge in [0.25, 0.3) is 0 Å². The Hall–Kier alpha value is -0.900. The fraction of sp³-hybridized carbons (Fsp3) is 0.778. The van der Waals surface area contributed by atoms with Crippen LogP contribution in [0.1, 0.15) is 27.2 Å². The predicted molar refractivity (Wildman–Crippen MR) is 46.8 cm³/mol. The SMILES string of the molecule is C[C@@H](O)CN1C(=O)CC(C)(C)C1=O. The van der Waals surface area contributed by atoms with Crippen LogP contribution in [0.3, 0.4) is 0 Å². The Bertz CT molecular complexity index is 245. The molecule has 1 fully saturated rings. The van der Waals surface area contributed by atoms with Gasteiger partial charge in [0.2, 0.25) is 11.8 Å². The van der Waals surface area contributed by atoms with Crippen molar-refractivity contribution in [3.8, 4) is 0 Å². The zero-order chi connectivity index (χ0) is 10.2. The number of hydrogen-bond acceptors (Lipinski definition) is 3. The molecule has 0 unspecified atom stereocenters. The maximum atomic E-state index is 11.6. The molecule has 0 aromatic carbocycles. The van der Waals surface area contributed by atoms with Gasteiger partial charge >= 0.3 is 0 Å². The average molecular weight is 185 g/mol. The van der Waals surface area contributed by atoms with Crippen LogP contribution in [0.2, 0.25) is 0 Å². The highest BCUT2D eigenvalue weighted by Gasteiger charge is 2.44. The molecule has 1 rings (SSSR count). The summed E-state index contributed by atoms with van der Waals surface area (Å²) in [6.45, 7) is 5.16. The first-order chi connectivity index (χ1) is 5.84. The quantitative estimate of drug-likeness (QED) is 0.623. The molecule has 4 nitrogen and oxygen atoms in total. The van der Waals surface area contributed by atoms with Gasteiger partial charge in [-0.3, -0.25) is 14.5 Å². The van der Waals surface area contributed by atoms with Crippen LogP contribution in [0, 0.1) is 5.41 Å². The molecule has 2 amide bonds. The number of amides is 2. The number of carbonyl (C=O) groups is 2. The highest BCUT2D eigenvalue weighted by molar-refractivity contribution is 6.05. The van der Waals surface area contributed by atoms with Crippen molar-refractivity contribution in [2.24, 2.45) is 5.41 Å². The third kappa shape index (κ3) is 1.88. The third-order valence-electron chi connectivity index (χ3n) is 2.17. The minimum atomic E-state index is -0.651. The summed E-state index contributed by atoms with van der Waals surface area (Å²) in [4.78, 5) is 24.0. The first kappa shape index (κ1) is 10.2. The Balaban J connectivity index is 2.77. The van der Waals surface area contributed by atoms with Gasteiger partial charge in [0.15, 0.2) is 0 Å². The molecule has 1 atom stereocenters. The number of imide groups is 1. The second-order valence-corrected chi connectivity index (χ2v) is 4.22. The Morgan fingerprint density at radius 2 is 2.08 bits per heavy atom. The molecule has 0 spiro atoms. The maximum Gasteiger partial charge on any atom is 0.235 e. The second-order valence-electron chi connectivity index (χ2n) is 4.22. The largest absolute Gasteiger partial charge is 0.392 e. The summed E-state index contributed by atoms with van der Waals surface area (Å²) < 4.78 is 0. The van der Waals surface area contributed by atoms with Crippen molar-refractivity contribution in [2.75, 3.05) is 6.54 Å². The molecular weight excluding hydrogens is 170 g/mol. The Morgan fingerprint density at radius 3 is 2.38 bits per heavy atom. The zero-order valence-electron chi connectivity index (χ0n) is 8.20. The van der Waals surface area contributed by atoms with E-state index in [2.05, 4.69) is 0 Å². The lowest BCUT2D eigenvalue weighted by molar-refractivity contribution is -0.142. The maximum absolute atomic E-state index is 11.6. The molecular formula is C9H15NO3. The monoisotopic (exact) mass is 185 g/mol. The molecule has 1 N–H and O–H groups in total. The van der Waals surface area contributed by atoms with E-state index in [-0.39, 0.29) is 24.8 Å². The zero-order valence-corrected chi connectivity index (χ0v) is 8.20. The van der Waals surface area contributed by atoms with Crippen molar-refractivity contribution in [3.63, 3.8) is 0 Å². The lowest BCUT2D eigenvalue weighted by Gasteiger charge is -2.18. The molecule has 0 aromatic rings. The van der Waals surface area contributed by atoms with Gasteiger partial charge in [0.05, 0.1) is 18.1 Å². The third-order valence-corrected chi connectivity index (χ3v) is 2.17. The summed E-state index contributed by atoms with van der Waals surface area (Å²) in [6.07, 6.45) is -0.403. The highest BCUT2D eigenvalue weighted by atomic mass is 16.3. The summed E-state index contributed by atoms with van der Waals surface area (Å²) in [5.41, 5.74) is -0.591. The Labute approximate surface area is 77.5 Å². The normalized spacial score (nSPS) is 23.8. The number of likely N-dealkylation sites (tertiary alicyclic amines) is 1. The van der Waals surface area contributed by atoms with E-state index >= 15 is 0 Å². The van der Waals surface area contributed by atoms with E-state index in [0.717, 1.165) is 4.90 Å². The van der Waals surface area contributed by atoms with Crippen molar-refractivity contribution < 1.29 is 14.7 Å². The molecule has 0 bridgehead atoms. The van der Waals surface area contributed by atoms with Gasteiger partial charge in [0.1, 0.15) is 0 Å². The van der Waals surface area contributed by atoms with Crippen LogP contribution >= 0.6 is 0 Å². The lowest BCUT2D eigenvalue weighted by Crippen LogP contribution is -2.37. The molecule has 0 aromatic heterocycles. The van der Waals surface area contributed by atoms with E-state index in [1.807, 2.05) is 0 Å². The topological polar surface area (TPSA) is 57.6 Å². The average Bonchev–Trinajstić information content (AvgIpc) is 2.12. The second kappa shape index (κ2) is 3.10. The van der Waals surface area contributed by atoms with Gasteiger partial charge in [-0.25, -0.2) is 0 Å². The number of aliphatic hydroxyl groups is 1. The van der Waals surface area contributed by atoms with E-state index in [0.29, 0.717) is 0 Å². The molecule has 4 heteroatoms. The number of rotatable bonds is 2. The van der Waals surface area contributed by atoms with Crippen LogP contribution in [0.4, 0.5) is 0 Å². The summed E-state index contributed by atoms with van der Waals surface area (Å²) in [7, 11) is 0. The first-order valence-corrected chi connectivity index (χ1v) is 4.37. The first-order valence-electron chi connectivity index (χ1n) is 4.37. The van der Waals surface area contributed by atoms with Gasteiger partial charge in [-0.05, 0) is 6.92 Å². The van der Waals surface area contributed by atoms with Gasteiger partial charge in [-0.2, -0.15) is 0 Å². The molecule has 0 saturated carbocycles. The minimum absolute atomic E-state index is 0.112. The van der Waals surface area contributed by atoms with Crippen LogP contribution in [0.5, 0.6) is 0 Å². The van der Waals surface area contributed by atoms with Crippen molar-refractivity contribution in [1.29, 1.82) is 0 Å². The van der Waals surface area contributed by atoms with E-state index in [9.17, 15) is 9.59 Å². The van der Waals surface area contributed by atoms with Gasteiger partial charge in [-0.15, -0.1) is 0 Å². The van der Waals surface area contributed by atoms with Gasteiger partial charge in [0, 0.05) is 6.42 Å². The lowest BCUT2D eigenvalue weighted by atomic mass is 9.92. The standard InChI is InChI=1S/C9H15NO3/c1-6(11)5-10-7(12)4-9(2,3)8(10)13/h6,11H,4-5H2,1-3H3/t6-/m1/s1. The Kier molecular flexibility index (Phi) is 2.43. The molecule has 1 aliphatic rings. The van der Waals surface area contributed by atoms with Gasteiger partial charge in [-0.1, -0.05) is 13.8 Å². The summed E-state index contributed by atoms with van der Waals surface area (Å²) in [5, 5.41) is 9.07. The van der Waals surface area contributed by atoms with Crippen LogP contribution in [0.25, 0.3) is 0 Å². The minimum Gasteiger partial charge on any atom is -0.392 e. The highest BCUT2D eigenvalue weighted by Crippen LogP contribution is 2.31. The van der Waals surface area contributed by atoms with Crippen LogP contribution in [-0.2, 0) is 9.59 Å². The fourth-order valence-electron chi connectivity index (χ4n) is 1.48. The Morgan fingerprint density at radius 1 is 1.54 bits per heavy atom. The molecule has 0 radical (unpaired) electrons. The summed E-state index contributed by atoms with van der Waals surface area (Å²) >= 11 is 0. The van der Waals surface area contributed by atoms with E-state index in [1.54, 1.807) is 20.8 Å². The number of hydrogen-bond donors (Lipinski definition) is 1. The van der Waals surface area contributed by atoms with Crippen molar-refractivity contribution in [3.05, 3.63) is 0 Å². The molecule has 13 heavy (non-hydrogen) atoms. The van der Waals surface area contributed by atoms with Crippen molar-refractivity contribution in [2.45, 2.75) is 33.3 Å². The summed E-state index contributed by atoms with van der Waals surface area (Å²) in [6, 6.07) is 0. The van der Waals surface area contributed by atoms with Crippen molar-refractivity contribution >= 4 is 11.8 Å². The van der Waals surface area contributed by atoms with E-state index in [1.165, 1.54) is 0 Å². The number of aliphatic hydroxyl groups excluding tert-OH is 1. The number of nitrogens with zero attached hydrogens (tertiary/aromatic N) is 1. The fourth-order valence-corrected chi connectivity index (χ4v) is 1.48. The van der Waals surface area contributed by atoms with E-state index in [4.69, 9.17) is 5.11 Å². The molecule has 1 heterocycles. The van der Waals surface area contributed by atoms with Crippen LogP contribution < -0.4 is 0 Å². The van der Waals surface area contributed by atoms with Crippen LogP contribution in [0.15, 0.2) is 0 Å². The molecule has 1 aliphatic heterocycles. The van der Waals surface area contributed by atoms with Gasteiger partial charge < -0.3 is 5.11 Å². The smallest absolute Gasteiger partial charge is 0.235 e. The van der Waals surface area contributed by atoms with E-state index < -0.39 is 11.5 Å². The molecule has 0 aliphatic carbocycles. The molecule has 74 valence electrons. The number of β-amino-alcohol motifs (C(OH)–C–C–N with tert-alkyl or cyclic N) is 1. The predicted octanol–water partition coefficient (Wildman–Crippen LogP) is 0.152. The number of carbonyl (C=O) groups excluding carboxylic acids is 2. The molecule has 1 saturated heterocycles.